The number of benzene rings is 2. The first-order chi connectivity index (χ1) is 9.56. The highest BCUT2D eigenvalue weighted by molar-refractivity contribution is 6.34. The molecule has 0 unspecified atom stereocenters. The first-order valence-electron chi connectivity index (χ1n) is 6.10. The monoisotopic (exact) mass is 293 g/mol. The van der Waals surface area contributed by atoms with Gasteiger partial charge in [0.1, 0.15) is 11.4 Å². The average molecular weight is 294 g/mol. The van der Waals surface area contributed by atoms with Crippen molar-refractivity contribution in [3.05, 3.63) is 58.9 Å². The van der Waals surface area contributed by atoms with Crippen LogP contribution in [0.2, 0.25) is 5.02 Å². The van der Waals surface area contributed by atoms with Crippen molar-refractivity contribution in [1.82, 2.24) is 0 Å². The smallest absolute Gasteiger partial charge is 0.339 e. The highest BCUT2D eigenvalue weighted by Crippen LogP contribution is 2.33. The van der Waals surface area contributed by atoms with E-state index in [0.29, 0.717) is 17.9 Å². The van der Waals surface area contributed by atoms with Crippen LogP contribution in [0.4, 0.5) is 15.8 Å². The number of anilines is 2. The second-order valence-corrected chi connectivity index (χ2v) is 4.54. The van der Waals surface area contributed by atoms with E-state index < -0.39 is 11.8 Å². The van der Waals surface area contributed by atoms with Crippen LogP contribution in [-0.4, -0.2) is 17.6 Å². The Bertz CT molecular complexity index is 646. The van der Waals surface area contributed by atoms with Gasteiger partial charge in [0.05, 0.1) is 16.4 Å². The number of hydrogen-bond donors (Lipinski definition) is 1. The molecule has 2 aromatic rings. The summed E-state index contributed by atoms with van der Waals surface area (Å²) in [7, 11) is 0. The Balaban J connectivity index is 2.62. The molecule has 5 heteroatoms. The lowest BCUT2D eigenvalue weighted by atomic mass is 10.1. The number of halogens is 2. The van der Waals surface area contributed by atoms with Gasteiger partial charge in [-0.1, -0.05) is 29.8 Å². The van der Waals surface area contributed by atoms with Gasteiger partial charge in [-0.2, -0.15) is 0 Å². The predicted octanol–water partition coefficient (Wildman–Crippen LogP) is 4.34. The van der Waals surface area contributed by atoms with E-state index in [4.69, 9.17) is 11.6 Å². The maximum absolute atomic E-state index is 13.9. The molecule has 0 aliphatic heterocycles. The van der Waals surface area contributed by atoms with Crippen molar-refractivity contribution in [1.29, 1.82) is 0 Å². The first-order valence-corrected chi connectivity index (χ1v) is 6.48. The lowest BCUT2D eigenvalue weighted by molar-refractivity contribution is 0.0698. The van der Waals surface area contributed by atoms with Gasteiger partial charge in [0, 0.05) is 6.54 Å². The van der Waals surface area contributed by atoms with E-state index in [1.165, 1.54) is 12.1 Å². The van der Waals surface area contributed by atoms with E-state index in [1.54, 1.807) is 35.2 Å². The van der Waals surface area contributed by atoms with Gasteiger partial charge in [-0.15, -0.1) is 0 Å². The van der Waals surface area contributed by atoms with Gasteiger partial charge in [-0.3, -0.25) is 0 Å². The average Bonchev–Trinajstić information content (AvgIpc) is 2.41. The molecule has 104 valence electrons. The lowest BCUT2D eigenvalue weighted by Crippen LogP contribution is -2.20. The maximum atomic E-state index is 13.9. The van der Waals surface area contributed by atoms with E-state index in [9.17, 15) is 14.3 Å². The van der Waals surface area contributed by atoms with E-state index in [1.807, 2.05) is 6.92 Å². The molecule has 0 saturated heterocycles. The standard InChI is InChI=1S/C15H13ClFNO2/c1-2-18(12-8-4-3-7-11(12)17)13-9-5-6-10(16)14(13)15(19)20/h3-9H,2H2,1H3,(H,19,20). The number of hydrogen-bond acceptors (Lipinski definition) is 2. The van der Waals surface area contributed by atoms with Crippen molar-refractivity contribution in [3.63, 3.8) is 0 Å². The van der Waals surface area contributed by atoms with Crippen LogP contribution in [-0.2, 0) is 0 Å². The molecule has 20 heavy (non-hydrogen) atoms. The summed E-state index contributed by atoms with van der Waals surface area (Å²) in [6.45, 7) is 2.24. The van der Waals surface area contributed by atoms with Crippen molar-refractivity contribution >= 4 is 28.9 Å². The van der Waals surface area contributed by atoms with E-state index >= 15 is 0 Å². The zero-order chi connectivity index (χ0) is 14.7. The number of carbonyl (C=O) groups is 1. The molecule has 0 atom stereocenters. The molecule has 0 aliphatic carbocycles. The van der Waals surface area contributed by atoms with Crippen molar-refractivity contribution in [2.24, 2.45) is 0 Å². The first kappa shape index (κ1) is 14.3. The molecule has 0 fully saturated rings. The summed E-state index contributed by atoms with van der Waals surface area (Å²) in [5.74, 6) is -1.55. The summed E-state index contributed by atoms with van der Waals surface area (Å²) in [6.07, 6.45) is 0. The fourth-order valence-corrected chi connectivity index (χ4v) is 2.34. The summed E-state index contributed by atoms with van der Waals surface area (Å²) in [5.41, 5.74) is 0.664. The quantitative estimate of drug-likeness (QED) is 0.912. The number of carboxylic acids is 1. The number of aromatic carboxylic acids is 1. The second kappa shape index (κ2) is 5.92. The second-order valence-electron chi connectivity index (χ2n) is 4.13. The number of carboxylic acid groups (broad SMARTS) is 1. The normalized spacial score (nSPS) is 10.3. The van der Waals surface area contributed by atoms with Crippen LogP contribution >= 0.6 is 11.6 Å². The summed E-state index contributed by atoms with van der Waals surface area (Å²) in [4.78, 5) is 13.0. The van der Waals surface area contributed by atoms with Crippen LogP contribution in [0.25, 0.3) is 0 Å². The molecule has 3 nitrogen and oxygen atoms in total. The predicted molar refractivity (Wildman–Crippen MR) is 77.5 cm³/mol. The van der Waals surface area contributed by atoms with Gasteiger partial charge in [0.25, 0.3) is 0 Å². The highest BCUT2D eigenvalue weighted by atomic mass is 35.5. The fraction of sp³-hybridized carbons (Fsp3) is 0.133. The molecule has 0 saturated carbocycles. The Kier molecular flexibility index (Phi) is 4.25. The van der Waals surface area contributed by atoms with E-state index in [0.717, 1.165) is 0 Å². The summed E-state index contributed by atoms with van der Waals surface area (Å²) < 4.78 is 13.9. The molecule has 0 radical (unpaired) electrons. The molecule has 0 spiro atoms. The number of para-hydroxylation sites is 1. The molecule has 2 rings (SSSR count). The van der Waals surface area contributed by atoms with Gasteiger partial charge in [0.15, 0.2) is 0 Å². The van der Waals surface area contributed by atoms with Gasteiger partial charge < -0.3 is 10.0 Å². The van der Waals surface area contributed by atoms with E-state index in [-0.39, 0.29) is 10.6 Å². The molecule has 0 aliphatic rings. The highest BCUT2D eigenvalue weighted by Gasteiger charge is 2.20. The van der Waals surface area contributed by atoms with Crippen LogP contribution < -0.4 is 4.90 Å². The Labute approximate surface area is 121 Å². The minimum Gasteiger partial charge on any atom is -0.478 e. The van der Waals surface area contributed by atoms with Crippen molar-refractivity contribution < 1.29 is 14.3 Å². The summed E-state index contributed by atoms with van der Waals surface area (Å²) in [5, 5.41) is 9.43. The van der Waals surface area contributed by atoms with Crippen LogP contribution in [0.5, 0.6) is 0 Å². The van der Waals surface area contributed by atoms with Crippen molar-refractivity contribution in [2.45, 2.75) is 6.92 Å². The number of rotatable bonds is 4. The van der Waals surface area contributed by atoms with Crippen LogP contribution in [0.1, 0.15) is 17.3 Å². The van der Waals surface area contributed by atoms with Crippen molar-refractivity contribution in [3.8, 4) is 0 Å². The fourth-order valence-electron chi connectivity index (χ4n) is 2.09. The largest absolute Gasteiger partial charge is 0.478 e. The molecule has 2 aromatic carbocycles. The zero-order valence-corrected chi connectivity index (χ0v) is 11.6. The Morgan fingerprint density at radius 2 is 1.85 bits per heavy atom. The topological polar surface area (TPSA) is 40.5 Å². The molecule has 0 bridgehead atoms. The molecule has 1 N–H and O–H groups in total. The molecule has 0 heterocycles. The molecule has 0 amide bonds. The third kappa shape index (κ3) is 2.60. The summed E-state index contributed by atoms with van der Waals surface area (Å²) in [6, 6.07) is 11.0. The maximum Gasteiger partial charge on any atom is 0.339 e. The molecule has 0 aromatic heterocycles. The zero-order valence-electron chi connectivity index (χ0n) is 10.8. The van der Waals surface area contributed by atoms with Gasteiger partial charge >= 0.3 is 5.97 Å². The number of nitrogens with zero attached hydrogens (tertiary/aromatic N) is 1. The van der Waals surface area contributed by atoms with Gasteiger partial charge in [0.2, 0.25) is 0 Å². The molecular formula is C15H13ClFNO2. The minimum atomic E-state index is -1.14. The Morgan fingerprint density at radius 3 is 2.45 bits per heavy atom. The Hall–Kier alpha value is -2.07. The van der Waals surface area contributed by atoms with Crippen LogP contribution in [0.15, 0.2) is 42.5 Å². The third-order valence-corrected chi connectivity index (χ3v) is 3.27. The molecular weight excluding hydrogens is 281 g/mol. The van der Waals surface area contributed by atoms with Gasteiger partial charge in [-0.05, 0) is 31.2 Å². The van der Waals surface area contributed by atoms with E-state index in [2.05, 4.69) is 0 Å². The van der Waals surface area contributed by atoms with Crippen molar-refractivity contribution in [2.75, 3.05) is 11.4 Å². The third-order valence-electron chi connectivity index (χ3n) is 2.96. The summed E-state index contributed by atoms with van der Waals surface area (Å²) >= 11 is 5.95. The SMILES string of the molecule is CCN(c1ccccc1F)c1cccc(Cl)c1C(=O)O. The minimum absolute atomic E-state index is 0.0285. The van der Waals surface area contributed by atoms with Gasteiger partial charge in [-0.25, -0.2) is 9.18 Å². The lowest BCUT2D eigenvalue weighted by Gasteiger charge is -2.25. The Morgan fingerprint density at radius 1 is 1.20 bits per heavy atom. The van der Waals surface area contributed by atoms with Crippen LogP contribution in [0, 0.1) is 5.82 Å². The van der Waals surface area contributed by atoms with Crippen LogP contribution in [0.3, 0.4) is 0 Å².